The van der Waals surface area contributed by atoms with E-state index in [9.17, 15) is 9.59 Å². The van der Waals surface area contributed by atoms with Crippen LogP contribution < -0.4 is 5.56 Å². The van der Waals surface area contributed by atoms with Crippen molar-refractivity contribution in [2.45, 2.75) is 19.1 Å². The molecule has 1 saturated heterocycles. The second-order valence-corrected chi connectivity index (χ2v) is 7.46. The number of benzene rings is 2. The molecule has 0 aliphatic carbocycles. The van der Waals surface area contributed by atoms with E-state index in [-0.39, 0.29) is 24.1 Å². The molecule has 1 aromatic heterocycles. The molecule has 0 bridgehead atoms. The molecule has 3 aromatic rings. The zero-order valence-corrected chi connectivity index (χ0v) is 17.0. The van der Waals surface area contributed by atoms with E-state index in [0.29, 0.717) is 38.2 Å². The summed E-state index contributed by atoms with van der Waals surface area (Å²) in [5.74, 6) is -0.195. The highest BCUT2D eigenvalue weighted by atomic mass is 16.6. The van der Waals surface area contributed by atoms with Crippen LogP contribution in [0.3, 0.4) is 0 Å². The standard InChI is InChI=1S/C23H25N3O4/c1-25(14-18-16-29-11-12-30-18)22(27)15-26-23(28)20-10-6-5-9-19(20)21(24-26)13-17-7-3-2-4-8-17/h2-10,18H,11-16H2,1H3/t18-/m0/s1. The van der Waals surface area contributed by atoms with Crippen LogP contribution in [0.4, 0.5) is 0 Å². The zero-order valence-electron chi connectivity index (χ0n) is 17.0. The van der Waals surface area contributed by atoms with E-state index in [0.717, 1.165) is 16.6 Å². The smallest absolute Gasteiger partial charge is 0.275 e. The van der Waals surface area contributed by atoms with Gasteiger partial charge in [0.05, 0.1) is 37.0 Å². The Morgan fingerprint density at radius 1 is 1.10 bits per heavy atom. The third-order valence-corrected chi connectivity index (χ3v) is 5.23. The third-order valence-electron chi connectivity index (χ3n) is 5.23. The summed E-state index contributed by atoms with van der Waals surface area (Å²) in [6.07, 6.45) is 0.432. The van der Waals surface area contributed by atoms with Crippen LogP contribution in [0.15, 0.2) is 59.4 Å². The number of carbonyl (C=O) groups is 1. The number of nitrogens with zero attached hydrogens (tertiary/aromatic N) is 3. The van der Waals surface area contributed by atoms with E-state index in [1.54, 1.807) is 18.0 Å². The van der Waals surface area contributed by atoms with Gasteiger partial charge in [0.15, 0.2) is 0 Å². The van der Waals surface area contributed by atoms with E-state index in [2.05, 4.69) is 5.10 Å². The monoisotopic (exact) mass is 407 g/mol. The molecular weight excluding hydrogens is 382 g/mol. The predicted molar refractivity (Wildman–Crippen MR) is 113 cm³/mol. The molecule has 1 aliphatic heterocycles. The van der Waals surface area contributed by atoms with E-state index in [1.807, 2.05) is 48.5 Å². The van der Waals surface area contributed by atoms with Gasteiger partial charge in [0.25, 0.3) is 5.56 Å². The van der Waals surface area contributed by atoms with Crippen molar-refractivity contribution in [3.8, 4) is 0 Å². The minimum absolute atomic E-state index is 0.116. The number of carbonyl (C=O) groups excluding carboxylic acids is 1. The maximum Gasteiger partial charge on any atom is 0.275 e. The van der Waals surface area contributed by atoms with Gasteiger partial charge in [0, 0.05) is 25.4 Å². The predicted octanol–water partition coefficient (Wildman–Crippen LogP) is 1.86. The number of hydrogen-bond donors (Lipinski definition) is 0. The van der Waals surface area contributed by atoms with Crippen LogP contribution in [0.2, 0.25) is 0 Å². The SMILES string of the molecule is CN(C[C@H]1COCCO1)C(=O)Cn1nc(Cc2ccccc2)c2ccccc2c1=O. The van der Waals surface area contributed by atoms with Crippen LogP contribution in [0, 0.1) is 0 Å². The fourth-order valence-electron chi connectivity index (χ4n) is 3.63. The summed E-state index contributed by atoms with van der Waals surface area (Å²) < 4.78 is 12.3. The highest BCUT2D eigenvalue weighted by molar-refractivity contribution is 5.84. The van der Waals surface area contributed by atoms with Gasteiger partial charge in [-0.2, -0.15) is 5.10 Å². The first-order valence-electron chi connectivity index (χ1n) is 10.1. The van der Waals surface area contributed by atoms with Crippen LogP contribution in [-0.2, 0) is 27.2 Å². The van der Waals surface area contributed by atoms with Gasteiger partial charge in [-0.25, -0.2) is 4.68 Å². The van der Waals surface area contributed by atoms with Crippen LogP contribution in [-0.4, -0.2) is 60.1 Å². The van der Waals surface area contributed by atoms with E-state index < -0.39 is 0 Å². The summed E-state index contributed by atoms with van der Waals surface area (Å²) >= 11 is 0. The number of rotatable bonds is 6. The van der Waals surface area contributed by atoms with Crippen LogP contribution in [0.25, 0.3) is 10.8 Å². The molecule has 0 N–H and O–H groups in total. The molecule has 0 unspecified atom stereocenters. The summed E-state index contributed by atoms with van der Waals surface area (Å²) in [5, 5.41) is 5.95. The summed E-state index contributed by atoms with van der Waals surface area (Å²) in [5.41, 5.74) is 1.61. The van der Waals surface area contributed by atoms with Crippen LogP contribution in [0.1, 0.15) is 11.3 Å². The molecule has 2 heterocycles. The molecule has 4 rings (SSSR count). The normalized spacial score (nSPS) is 16.5. The quantitative estimate of drug-likeness (QED) is 0.624. The van der Waals surface area contributed by atoms with Crippen molar-refractivity contribution >= 4 is 16.7 Å². The maximum atomic E-state index is 13.0. The molecule has 7 heteroatoms. The Morgan fingerprint density at radius 2 is 1.83 bits per heavy atom. The number of fused-ring (bicyclic) bond motifs is 1. The van der Waals surface area contributed by atoms with Crippen molar-refractivity contribution in [3.63, 3.8) is 0 Å². The van der Waals surface area contributed by atoms with Crippen molar-refractivity contribution in [3.05, 3.63) is 76.2 Å². The molecule has 1 atom stereocenters. The Labute approximate surface area is 174 Å². The molecule has 1 aliphatic rings. The summed E-state index contributed by atoms with van der Waals surface area (Å²) in [6.45, 7) is 1.87. The number of aromatic nitrogens is 2. The molecule has 1 amide bonds. The molecule has 0 saturated carbocycles. The van der Waals surface area contributed by atoms with E-state index >= 15 is 0 Å². The minimum Gasteiger partial charge on any atom is -0.376 e. The Kier molecular flexibility index (Phi) is 6.21. The lowest BCUT2D eigenvalue weighted by Crippen LogP contribution is -2.43. The summed E-state index contributed by atoms with van der Waals surface area (Å²) in [7, 11) is 1.71. The Morgan fingerprint density at radius 3 is 2.57 bits per heavy atom. The van der Waals surface area contributed by atoms with Crippen molar-refractivity contribution in [1.29, 1.82) is 0 Å². The first-order chi connectivity index (χ1) is 14.6. The molecule has 0 radical (unpaired) electrons. The van der Waals surface area contributed by atoms with Crippen LogP contribution in [0.5, 0.6) is 0 Å². The molecule has 30 heavy (non-hydrogen) atoms. The Bertz CT molecular complexity index is 1070. The highest BCUT2D eigenvalue weighted by Crippen LogP contribution is 2.17. The lowest BCUT2D eigenvalue weighted by atomic mass is 10.0. The Balaban J connectivity index is 1.59. The van der Waals surface area contributed by atoms with E-state index in [1.165, 1.54) is 4.68 Å². The summed E-state index contributed by atoms with van der Waals surface area (Å²) in [4.78, 5) is 27.3. The van der Waals surface area contributed by atoms with Gasteiger partial charge in [-0.1, -0.05) is 48.5 Å². The molecule has 156 valence electrons. The molecule has 0 spiro atoms. The summed E-state index contributed by atoms with van der Waals surface area (Å²) in [6, 6.07) is 17.4. The topological polar surface area (TPSA) is 73.7 Å². The van der Waals surface area contributed by atoms with E-state index in [4.69, 9.17) is 9.47 Å². The fourth-order valence-corrected chi connectivity index (χ4v) is 3.63. The number of hydrogen-bond acceptors (Lipinski definition) is 5. The lowest BCUT2D eigenvalue weighted by molar-refractivity contribution is -0.137. The number of amides is 1. The van der Waals surface area contributed by atoms with Gasteiger partial charge in [0.1, 0.15) is 6.54 Å². The van der Waals surface area contributed by atoms with Gasteiger partial charge in [-0.05, 0) is 11.6 Å². The van der Waals surface area contributed by atoms with Crippen LogP contribution >= 0.6 is 0 Å². The second-order valence-electron chi connectivity index (χ2n) is 7.46. The molecule has 7 nitrogen and oxygen atoms in total. The Hall–Kier alpha value is -3.03. The second kappa shape index (κ2) is 9.19. The van der Waals surface area contributed by atoms with Gasteiger partial charge in [-0.15, -0.1) is 0 Å². The lowest BCUT2D eigenvalue weighted by Gasteiger charge is -2.27. The molecule has 1 fully saturated rings. The number of ether oxygens (including phenoxy) is 2. The van der Waals surface area contributed by atoms with Crippen molar-refractivity contribution in [2.75, 3.05) is 33.4 Å². The number of likely N-dealkylation sites (N-methyl/N-ethyl adjacent to an activating group) is 1. The van der Waals surface area contributed by atoms with Gasteiger partial charge in [-0.3, -0.25) is 9.59 Å². The minimum atomic E-state index is -0.263. The first kappa shape index (κ1) is 20.3. The van der Waals surface area contributed by atoms with Gasteiger partial charge >= 0.3 is 0 Å². The average Bonchev–Trinajstić information content (AvgIpc) is 2.78. The maximum absolute atomic E-state index is 13.0. The van der Waals surface area contributed by atoms with Crippen molar-refractivity contribution in [1.82, 2.24) is 14.7 Å². The fraction of sp³-hybridized carbons (Fsp3) is 0.348. The van der Waals surface area contributed by atoms with Gasteiger partial charge < -0.3 is 14.4 Å². The highest BCUT2D eigenvalue weighted by Gasteiger charge is 2.21. The zero-order chi connectivity index (χ0) is 20.9. The van der Waals surface area contributed by atoms with Gasteiger partial charge in [0.2, 0.25) is 5.91 Å². The largest absolute Gasteiger partial charge is 0.376 e. The van der Waals surface area contributed by atoms with Crippen molar-refractivity contribution in [2.24, 2.45) is 0 Å². The van der Waals surface area contributed by atoms with Crippen molar-refractivity contribution < 1.29 is 14.3 Å². The third kappa shape index (κ3) is 4.58. The molecule has 2 aromatic carbocycles. The average molecular weight is 407 g/mol. The first-order valence-corrected chi connectivity index (χ1v) is 10.1. The molecular formula is C23H25N3O4.